The summed E-state index contributed by atoms with van der Waals surface area (Å²) in [7, 11) is 1.81. The molecule has 11 heteroatoms. The lowest BCUT2D eigenvalue weighted by Gasteiger charge is -2.19. The molecule has 216 valence electrons. The highest BCUT2D eigenvalue weighted by Gasteiger charge is 2.15. The Kier molecular flexibility index (Phi) is 21.3. The summed E-state index contributed by atoms with van der Waals surface area (Å²) >= 11 is 0. The molecule has 3 amide bonds. The van der Waals surface area contributed by atoms with Crippen LogP contribution in [0.15, 0.2) is 12.7 Å². The third-order valence-corrected chi connectivity index (χ3v) is 4.75. The number of carbonyl (C=O) groups is 3. The minimum Gasteiger partial charge on any atom is -0.445 e. The Bertz CT molecular complexity index is 625. The largest absolute Gasteiger partial charge is 0.445 e. The molecule has 0 aromatic heterocycles. The van der Waals surface area contributed by atoms with Crippen molar-refractivity contribution in [3.05, 3.63) is 12.7 Å². The molecule has 0 atom stereocenters. The van der Waals surface area contributed by atoms with Crippen LogP contribution in [0.5, 0.6) is 0 Å². The number of hydrogen-bond acceptors (Lipinski definition) is 8. The lowest BCUT2D eigenvalue weighted by atomic mass is 10.2. The van der Waals surface area contributed by atoms with E-state index in [1.165, 1.54) is 6.08 Å². The number of nitrogens with zero attached hydrogens (tertiary/aromatic N) is 1. The summed E-state index contributed by atoms with van der Waals surface area (Å²) < 4.78 is 26.4. The smallest absolute Gasteiger partial charge is 0.407 e. The molecule has 0 radical (unpaired) electrons. The summed E-state index contributed by atoms with van der Waals surface area (Å²) in [6.45, 7) is 13.8. The van der Waals surface area contributed by atoms with Crippen molar-refractivity contribution in [3.63, 3.8) is 0 Å². The maximum Gasteiger partial charge on any atom is 0.407 e. The fourth-order valence-electron chi connectivity index (χ4n) is 2.89. The van der Waals surface area contributed by atoms with E-state index in [4.69, 9.17) is 23.7 Å². The predicted octanol–water partition coefficient (Wildman–Crippen LogP) is 3.27. The van der Waals surface area contributed by atoms with E-state index < -0.39 is 17.8 Å². The van der Waals surface area contributed by atoms with Crippen molar-refractivity contribution < 1.29 is 38.1 Å². The van der Waals surface area contributed by atoms with Crippen LogP contribution in [0.2, 0.25) is 0 Å². The molecular formula is C26H49N3O8. The molecule has 0 fully saturated rings. The molecule has 37 heavy (non-hydrogen) atoms. The Hall–Kier alpha value is -2.37. The third kappa shape index (κ3) is 25.1. The van der Waals surface area contributed by atoms with Crippen molar-refractivity contribution in [2.75, 3.05) is 72.9 Å². The quantitative estimate of drug-likeness (QED) is 0.161. The number of ether oxygens (including phenoxy) is 5. The highest BCUT2D eigenvalue weighted by atomic mass is 16.6. The predicted molar refractivity (Wildman–Crippen MR) is 142 cm³/mol. The van der Waals surface area contributed by atoms with E-state index in [0.29, 0.717) is 72.1 Å². The number of unbranched alkanes of at least 4 members (excludes halogenated alkanes) is 2. The van der Waals surface area contributed by atoms with Crippen LogP contribution in [-0.2, 0) is 28.5 Å². The van der Waals surface area contributed by atoms with Crippen LogP contribution < -0.4 is 10.6 Å². The Morgan fingerprint density at radius 3 is 1.97 bits per heavy atom. The first-order valence-electron chi connectivity index (χ1n) is 13.1. The fraction of sp³-hybridized carbons (Fsp3) is 0.808. The summed E-state index contributed by atoms with van der Waals surface area (Å²) in [6.07, 6.45) is 5.07. The molecule has 0 heterocycles. The standard InChI is InChI=1S/C26H49N3O8/c1-6-16-36-24(31)27-14-10-17-33-19-21-35-22-20-34-18-11-15-29(5)23(30)12-8-7-9-13-28-25(32)37-26(2,3)4/h6H,1,7-22H2,2-5H3,(H,27,31)(H,28,32). The van der Waals surface area contributed by atoms with Gasteiger partial charge in [0, 0.05) is 46.3 Å². The molecule has 0 aromatic carbocycles. The van der Waals surface area contributed by atoms with E-state index >= 15 is 0 Å². The Labute approximate surface area is 222 Å². The normalized spacial score (nSPS) is 11.0. The molecule has 2 N–H and O–H groups in total. The SMILES string of the molecule is C=CCOC(=O)NCCCOCCOCCOCCCN(C)C(=O)CCCCCNC(=O)OC(C)(C)C. The summed E-state index contributed by atoms with van der Waals surface area (Å²) in [6, 6.07) is 0. The van der Waals surface area contributed by atoms with Gasteiger partial charge in [0.05, 0.1) is 26.4 Å². The number of rotatable bonds is 22. The molecule has 0 aliphatic rings. The summed E-state index contributed by atoms with van der Waals surface area (Å²) in [5, 5.41) is 5.34. The first-order chi connectivity index (χ1) is 17.7. The van der Waals surface area contributed by atoms with Crippen LogP contribution in [0.4, 0.5) is 9.59 Å². The number of alkyl carbamates (subject to hydrolysis) is 2. The number of amides is 3. The van der Waals surface area contributed by atoms with Gasteiger partial charge < -0.3 is 39.2 Å². The summed E-state index contributed by atoms with van der Waals surface area (Å²) in [5.41, 5.74) is -0.499. The molecule has 11 nitrogen and oxygen atoms in total. The van der Waals surface area contributed by atoms with Gasteiger partial charge in [-0.1, -0.05) is 19.1 Å². The molecule has 0 rings (SSSR count). The third-order valence-electron chi connectivity index (χ3n) is 4.75. The average molecular weight is 532 g/mol. The first kappa shape index (κ1) is 34.6. The molecule has 0 bridgehead atoms. The van der Waals surface area contributed by atoms with Gasteiger partial charge in [0.25, 0.3) is 0 Å². The number of carbonyl (C=O) groups excluding carboxylic acids is 3. The van der Waals surface area contributed by atoms with Gasteiger partial charge >= 0.3 is 12.2 Å². The molecule has 0 unspecified atom stereocenters. The molecule has 0 aliphatic carbocycles. The maximum atomic E-state index is 12.2. The molecule has 0 saturated carbocycles. The Balaban J connectivity index is 3.42. The molecule has 0 aliphatic heterocycles. The van der Waals surface area contributed by atoms with Crippen molar-refractivity contribution >= 4 is 18.1 Å². The van der Waals surface area contributed by atoms with Crippen LogP contribution >= 0.6 is 0 Å². The van der Waals surface area contributed by atoms with E-state index in [0.717, 1.165) is 25.7 Å². The Morgan fingerprint density at radius 2 is 1.35 bits per heavy atom. The highest BCUT2D eigenvalue weighted by molar-refractivity contribution is 5.75. The molecular weight excluding hydrogens is 482 g/mol. The summed E-state index contributed by atoms with van der Waals surface area (Å²) in [5.74, 6) is 0.117. The van der Waals surface area contributed by atoms with E-state index in [2.05, 4.69) is 17.2 Å². The van der Waals surface area contributed by atoms with E-state index in [1.54, 1.807) is 11.9 Å². The van der Waals surface area contributed by atoms with Crippen LogP contribution in [0.25, 0.3) is 0 Å². The molecule has 0 aromatic rings. The van der Waals surface area contributed by atoms with Crippen LogP contribution in [0.3, 0.4) is 0 Å². The van der Waals surface area contributed by atoms with Crippen molar-refractivity contribution in [1.82, 2.24) is 15.5 Å². The lowest BCUT2D eigenvalue weighted by Crippen LogP contribution is -2.33. The fourth-order valence-corrected chi connectivity index (χ4v) is 2.89. The maximum absolute atomic E-state index is 12.2. The Morgan fingerprint density at radius 1 is 0.784 bits per heavy atom. The van der Waals surface area contributed by atoms with Gasteiger partial charge in [-0.25, -0.2) is 9.59 Å². The van der Waals surface area contributed by atoms with Gasteiger partial charge in [0.2, 0.25) is 5.91 Å². The topological polar surface area (TPSA) is 125 Å². The lowest BCUT2D eigenvalue weighted by molar-refractivity contribution is -0.130. The van der Waals surface area contributed by atoms with Crippen LogP contribution in [0.1, 0.15) is 59.3 Å². The van der Waals surface area contributed by atoms with Gasteiger partial charge in [0.15, 0.2) is 0 Å². The van der Waals surface area contributed by atoms with Gasteiger partial charge in [-0.2, -0.15) is 0 Å². The van der Waals surface area contributed by atoms with Gasteiger partial charge in [-0.3, -0.25) is 4.79 Å². The van der Waals surface area contributed by atoms with Gasteiger partial charge in [-0.05, 0) is 46.5 Å². The average Bonchev–Trinajstić information content (AvgIpc) is 2.83. The minimum atomic E-state index is -0.499. The van der Waals surface area contributed by atoms with E-state index in [9.17, 15) is 14.4 Å². The van der Waals surface area contributed by atoms with E-state index in [-0.39, 0.29) is 12.5 Å². The monoisotopic (exact) mass is 531 g/mol. The summed E-state index contributed by atoms with van der Waals surface area (Å²) in [4.78, 5) is 36.7. The van der Waals surface area contributed by atoms with Crippen molar-refractivity contribution in [2.45, 2.75) is 64.9 Å². The highest BCUT2D eigenvalue weighted by Crippen LogP contribution is 2.07. The van der Waals surface area contributed by atoms with E-state index in [1.807, 2.05) is 20.8 Å². The van der Waals surface area contributed by atoms with Crippen molar-refractivity contribution in [1.29, 1.82) is 0 Å². The number of nitrogens with one attached hydrogen (secondary N) is 2. The zero-order valence-corrected chi connectivity index (χ0v) is 23.3. The second-order valence-corrected chi connectivity index (χ2v) is 9.41. The van der Waals surface area contributed by atoms with Crippen LogP contribution in [-0.4, -0.2) is 102 Å². The zero-order valence-electron chi connectivity index (χ0n) is 23.3. The second kappa shape index (κ2) is 22.8. The first-order valence-corrected chi connectivity index (χ1v) is 13.1. The van der Waals surface area contributed by atoms with Crippen molar-refractivity contribution in [3.8, 4) is 0 Å². The minimum absolute atomic E-state index is 0.117. The zero-order chi connectivity index (χ0) is 27.8. The molecule has 0 saturated heterocycles. The molecule has 0 spiro atoms. The number of hydrogen-bond donors (Lipinski definition) is 2. The van der Waals surface area contributed by atoms with Gasteiger partial charge in [-0.15, -0.1) is 0 Å². The second-order valence-electron chi connectivity index (χ2n) is 9.41. The van der Waals surface area contributed by atoms with Crippen LogP contribution in [0, 0.1) is 0 Å². The van der Waals surface area contributed by atoms with Crippen molar-refractivity contribution in [2.24, 2.45) is 0 Å². The van der Waals surface area contributed by atoms with Gasteiger partial charge in [0.1, 0.15) is 12.2 Å².